The van der Waals surface area contributed by atoms with Crippen molar-refractivity contribution in [3.8, 4) is 51.6 Å². The fraction of sp³-hybridized carbons (Fsp3) is 0.442. The summed E-state index contributed by atoms with van der Waals surface area (Å²) in [5.74, 6) is -5.28. The maximum absolute atomic E-state index is 14.5. The van der Waals surface area contributed by atoms with Gasteiger partial charge in [0.25, 0.3) is 0 Å². The molecule has 3 aliphatic heterocycles. The van der Waals surface area contributed by atoms with Crippen LogP contribution in [0.25, 0.3) is 28.4 Å². The summed E-state index contributed by atoms with van der Waals surface area (Å²) in [5, 5.41) is 146. The molecule has 15 atom stereocenters. The zero-order chi connectivity index (χ0) is 49.3. The molecule has 3 fully saturated rings. The number of hydrogen-bond acceptors (Lipinski definition) is 25. The minimum absolute atomic E-state index is 0.0837. The summed E-state index contributed by atoms with van der Waals surface area (Å²) < 4.78 is 50.6. The van der Waals surface area contributed by atoms with E-state index in [9.17, 15) is 81.1 Å². The first-order valence-electron chi connectivity index (χ1n) is 20.6. The molecular formula is C43H48O25. The quantitative estimate of drug-likeness (QED) is 0.0335. The van der Waals surface area contributed by atoms with Crippen molar-refractivity contribution in [3.63, 3.8) is 0 Å². The van der Waals surface area contributed by atoms with Crippen LogP contribution in [0.2, 0.25) is 0 Å². The largest absolute Gasteiger partial charge is 0.507 e. The number of aromatic hydroxyl groups is 4. The van der Waals surface area contributed by atoms with Gasteiger partial charge in [0.05, 0.1) is 26.9 Å². The van der Waals surface area contributed by atoms with Gasteiger partial charge < -0.3 is 114 Å². The van der Waals surface area contributed by atoms with Crippen LogP contribution in [0, 0.1) is 0 Å². The Labute approximate surface area is 382 Å². The highest BCUT2D eigenvalue weighted by molar-refractivity contribution is 5.89. The Morgan fingerprint density at radius 3 is 1.93 bits per heavy atom. The van der Waals surface area contributed by atoms with Gasteiger partial charge in [-0.3, -0.25) is 4.79 Å². The van der Waals surface area contributed by atoms with E-state index in [1.54, 1.807) is 0 Å². The van der Waals surface area contributed by atoms with Crippen LogP contribution in [0.5, 0.6) is 40.2 Å². The van der Waals surface area contributed by atoms with Gasteiger partial charge in [0, 0.05) is 23.8 Å². The average Bonchev–Trinajstić information content (AvgIpc) is 3.32. The zero-order valence-electron chi connectivity index (χ0n) is 35.3. The Kier molecular flexibility index (Phi) is 15.3. The maximum atomic E-state index is 14.5. The second kappa shape index (κ2) is 20.8. The van der Waals surface area contributed by atoms with E-state index in [1.165, 1.54) is 31.4 Å². The lowest BCUT2D eigenvalue weighted by atomic mass is 9.97. The van der Waals surface area contributed by atoms with Crippen molar-refractivity contribution < 1.29 is 119 Å². The third-order valence-electron chi connectivity index (χ3n) is 11.3. The SMILES string of the molecule is COc1cc(C=CC(=O)OC2C(O)C(CO)OC(OC3C(Oc4c(-c5ccc(O)c(O)c5)oc5cc(OC6OC(CO)C(O)C(O)C6O)cc(O)c5c4=O)OC(CO)C(O)C3O)C2O)ccc1O. The minimum atomic E-state index is -2.14. The lowest BCUT2D eigenvalue weighted by Gasteiger charge is -2.46. The van der Waals surface area contributed by atoms with Crippen LogP contribution in [0.15, 0.2) is 63.8 Å². The number of carbonyl (C=O) groups excluding carboxylic acids is 1. The molecule has 0 bridgehead atoms. The second-order valence-corrected chi connectivity index (χ2v) is 15.7. The maximum Gasteiger partial charge on any atom is 0.331 e. The fourth-order valence-electron chi connectivity index (χ4n) is 7.59. The smallest absolute Gasteiger partial charge is 0.331 e. The molecule has 68 heavy (non-hydrogen) atoms. The van der Waals surface area contributed by atoms with Gasteiger partial charge in [0.15, 0.2) is 47.3 Å². The first-order chi connectivity index (χ1) is 32.4. The molecule has 4 heterocycles. The van der Waals surface area contributed by atoms with E-state index in [-0.39, 0.29) is 22.8 Å². The minimum Gasteiger partial charge on any atom is -0.507 e. The highest BCUT2D eigenvalue weighted by atomic mass is 16.8. The van der Waals surface area contributed by atoms with Crippen LogP contribution in [0.4, 0.5) is 0 Å². The number of methoxy groups -OCH3 is 1. The Morgan fingerprint density at radius 2 is 1.26 bits per heavy atom. The van der Waals surface area contributed by atoms with E-state index >= 15 is 0 Å². The Balaban J connectivity index is 1.23. The van der Waals surface area contributed by atoms with Crippen LogP contribution in [0.3, 0.4) is 0 Å². The van der Waals surface area contributed by atoms with Gasteiger partial charge in [0.2, 0.25) is 23.8 Å². The van der Waals surface area contributed by atoms with Gasteiger partial charge in [-0.25, -0.2) is 4.79 Å². The Morgan fingerprint density at radius 1 is 0.632 bits per heavy atom. The number of fused-ring (bicyclic) bond motifs is 1. The van der Waals surface area contributed by atoms with Crippen molar-refractivity contribution in [2.75, 3.05) is 26.9 Å². The number of aliphatic hydroxyl groups is 10. The number of carbonyl (C=O) groups is 1. The molecule has 370 valence electrons. The highest BCUT2D eigenvalue weighted by Gasteiger charge is 2.53. The van der Waals surface area contributed by atoms with Crippen LogP contribution in [-0.2, 0) is 28.5 Å². The van der Waals surface area contributed by atoms with Crippen molar-refractivity contribution in [1.29, 1.82) is 0 Å². The van der Waals surface area contributed by atoms with E-state index in [1.807, 2.05) is 0 Å². The summed E-state index contributed by atoms with van der Waals surface area (Å²) in [5.41, 5.74) is -1.52. The fourth-order valence-corrected chi connectivity index (χ4v) is 7.59. The Hall–Kier alpha value is -5.88. The van der Waals surface area contributed by atoms with Crippen LogP contribution < -0.4 is 19.6 Å². The van der Waals surface area contributed by atoms with Crippen LogP contribution in [-0.4, -0.2) is 197 Å². The molecule has 15 unspecified atom stereocenters. The molecule has 3 saturated heterocycles. The first kappa shape index (κ1) is 50.0. The number of hydrogen-bond donors (Lipinski definition) is 14. The monoisotopic (exact) mass is 964 g/mol. The van der Waals surface area contributed by atoms with Gasteiger partial charge in [-0.2, -0.15) is 0 Å². The number of phenols is 4. The van der Waals surface area contributed by atoms with Gasteiger partial charge in [-0.05, 0) is 42.0 Å². The van der Waals surface area contributed by atoms with Crippen molar-refractivity contribution in [2.45, 2.75) is 92.1 Å². The predicted octanol–water partition coefficient (Wildman–Crippen LogP) is -3.26. The topological polar surface area (TPSA) is 404 Å². The summed E-state index contributed by atoms with van der Waals surface area (Å²) in [4.78, 5) is 27.5. The molecule has 0 radical (unpaired) electrons. The molecule has 14 N–H and O–H groups in total. The lowest BCUT2D eigenvalue weighted by Crippen LogP contribution is -2.65. The van der Waals surface area contributed by atoms with Crippen molar-refractivity contribution in [2.24, 2.45) is 0 Å². The molecule has 3 aromatic carbocycles. The summed E-state index contributed by atoms with van der Waals surface area (Å²) >= 11 is 0. The zero-order valence-corrected chi connectivity index (χ0v) is 35.3. The van der Waals surface area contributed by atoms with Gasteiger partial charge >= 0.3 is 5.97 Å². The molecule has 1 aromatic heterocycles. The molecule has 7 rings (SSSR count). The normalized spacial score (nSPS) is 32.0. The third-order valence-corrected chi connectivity index (χ3v) is 11.3. The average molecular weight is 965 g/mol. The van der Waals surface area contributed by atoms with E-state index in [4.69, 9.17) is 42.3 Å². The lowest BCUT2D eigenvalue weighted by molar-refractivity contribution is -0.358. The molecule has 3 aliphatic rings. The summed E-state index contributed by atoms with van der Waals surface area (Å²) in [7, 11) is 1.31. The molecule has 25 heteroatoms. The summed E-state index contributed by atoms with van der Waals surface area (Å²) in [6.45, 7) is -2.73. The third kappa shape index (κ3) is 9.98. The van der Waals surface area contributed by atoms with Gasteiger partial charge in [-0.1, -0.05) is 6.07 Å². The van der Waals surface area contributed by atoms with E-state index < -0.39 is 163 Å². The summed E-state index contributed by atoms with van der Waals surface area (Å²) in [6, 6.07) is 9.07. The first-order valence-corrected chi connectivity index (χ1v) is 20.6. The van der Waals surface area contributed by atoms with E-state index in [0.29, 0.717) is 5.56 Å². The number of aliphatic hydroxyl groups excluding tert-OH is 10. The van der Waals surface area contributed by atoms with Crippen molar-refractivity contribution in [1.82, 2.24) is 0 Å². The number of benzene rings is 3. The second-order valence-electron chi connectivity index (χ2n) is 15.7. The molecule has 0 aliphatic carbocycles. The van der Waals surface area contributed by atoms with Gasteiger partial charge in [0.1, 0.15) is 83.5 Å². The molecule has 4 aromatic rings. The molecule has 0 spiro atoms. The number of rotatable bonds is 14. The number of esters is 1. The molecule has 25 nitrogen and oxygen atoms in total. The number of phenolic OH excluding ortho intramolecular Hbond substituents is 4. The molecule has 0 saturated carbocycles. The number of ether oxygens (including phenoxy) is 8. The molecule has 0 amide bonds. The van der Waals surface area contributed by atoms with Crippen molar-refractivity contribution >= 4 is 23.0 Å². The predicted molar refractivity (Wildman–Crippen MR) is 222 cm³/mol. The van der Waals surface area contributed by atoms with Gasteiger partial charge in [-0.15, -0.1) is 0 Å². The van der Waals surface area contributed by atoms with E-state index in [2.05, 4.69) is 0 Å². The highest BCUT2D eigenvalue weighted by Crippen LogP contribution is 2.41. The van der Waals surface area contributed by atoms with Crippen molar-refractivity contribution in [3.05, 3.63) is 70.4 Å². The Bertz CT molecular complexity index is 2510. The summed E-state index contributed by atoms with van der Waals surface area (Å²) in [6.07, 6.45) is -26.1. The van der Waals surface area contributed by atoms with Crippen LogP contribution >= 0.6 is 0 Å². The van der Waals surface area contributed by atoms with E-state index in [0.717, 1.165) is 36.4 Å². The van der Waals surface area contributed by atoms with Crippen LogP contribution in [0.1, 0.15) is 5.56 Å². The standard InChI is InChI=1S/C43H48O25/c1-60-22-8-15(2-5-19(22)48)3-7-27(51)66-38-31(54)26(14-46)64-42(36(38)59)68-40-34(57)30(53)25(13-45)65-43(40)67-39-32(55)28-21(50)10-17(61-41-35(58)33(56)29(52)24(12-44)63-41)11-23(28)62-37(39)16-4-6-18(47)20(49)9-16/h2-11,24-26,29-31,33-36,38,40-50,52-54,56-59H,12-14H2,1H3. The molecular weight excluding hydrogens is 916 g/mol.